The topological polar surface area (TPSA) is 105 Å². The van der Waals surface area contributed by atoms with Gasteiger partial charge in [0, 0.05) is 5.56 Å². The normalized spacial score (nSPS) is 12.2. The lowest BCUT2D eigenvalue weighted by atomic mass is 10.0. The molecule has 7 nitrogen and oxygen atoms in total. The average molecular weight is 424 g/mol. The van der Waals surface area contributed by atoms with Gasteiger partial charge in [-0.15, -0.1) is 0 Å². The summed E-state index contributed by atoms with van der Waals surface area (Å²) in [5.74, 6) is -1.56. The second kappa shape index (κ2) is 11.0. The average Bonchev–Trinajstić information content (AvgIpc) is 2.73. The minimum Gasteiger partial charge on any atom is -0.497 e. The quantitative estimate of drug-likeness (QED) is 0.535. The summed E-state index contributed by atoms with van der Waals surface area (Å²) in [7, 11) is 1.55. The van der Waals surface area contributed by atoms with E-state index in [0.717, 1.165) is 5.56 Å². The fourth-order valence-corrected chi connectivity index (χ4v) is 2.85. The van der Waals surface area contributed by atoms with Crippen molar-refractivity contribution in [2.24, 2.45) is 5.92 Å². The molecule has 0 spiro atoms. The van der Waals surface area contributed by atoms with Crippen LogP contribution in [0.25, 0.3) is 6.08 Å². The van der Waals surface area contributed by atoms with Gasteiger partial charge in [0.1, 0.15) is 17.5 Å². The summed E-state index contributed by atoms with van der Waals surface area (Å²) in [6, 6.07) is 12.8. The Labute approximate surface area is 182 Å². The number of ether oxygens (including phenoxy) is 1. The standard InChI is InChI=1S/C24H28N2O5/c1-15(2)13-21(24(29)30)26-23(28)20(14-17-7-11-19(31-4)12-8-17)25-22(27)18-9-5-16(3)6-10-18/h5-12,14-15,21H,13H2,1-4H3,(H,25,27)(H,26,28)(H,29,30)/b20-14-/t21-/m1/s1. The van der Waals surface area contributed by atoms with Gasteiger partial charge in [-0.05, 0) is 55.2 Å². The Morgan fingerprint density at radius 2 is 1.65 bits per heavy atom. The Hall–Kier alpha value is -3.61. The Kier molecular flexibility index (Phi) is 8.37. The molecule has 0 aromatic heterocycles. The first kappa shape index (κ1) is 23.7. The molecule has 3 N–H and O–H groups in total. The Bertz CT molecular complexity index is 947. The highest BCUT2D eigenvalue weighted by molar-refractivity contribution is 6.06. The minimum absolute atomic E-state index is 0.0502. The van der Waals surface area contributed by atoms with Gasteiger partial charge in [0.2, 0.25) is 0 Å². The zero-order valence-electron chi connectivity index (χ0n) is 18.1. The van der Waals surface area contributed by atoms with Crippen LogP contribution < -0.4 is 15.4 Å². The number of aryl methyl sites for hydroxylation is 1. The predicted molar refractivity (Wildman–Crippen MR) is 119 cm³/mol. The van der Waals surface area contributed by atoms with Gasteiger partial charge >= 0.3 is 5.97 Å². The van der Waals surface area contributed by atoms with E-state index in [4.69, 9.17) is 4.74 Å². The Balaban J connectivity index is 2.32. The Morgan fingerprint density at radius 1 is 1.03 bits per heavy atom. The van der Waals surface area contributed by atoms with E-state index in [9.17, 15) is 19.5 Å². The summed E-state index contributed by atoms with van der Waals surface area (Å²) in [6.45, 7) is 5.65. The summed E-state index contributed by atoms with van der Waals surface area (Å²) < 4.78 is 5.13. The number of carboxylic acids is 1. The molecule has 1 atom stereocenters. The molecule has 0 aliphatic rings. The first-order chi connectivity index (χ1) is 14.7. The molecule has 0 saturated carbocycles. The van der Waals surface area contributed by atoms with E-state index in [1.54, 1.807) is 55.6 Å². The van der Waals surface area contributed by atoms with Crippen LogP contribution in [0.1, 0.15) is 41.8 Å². The molecule has 0 aliphatic heterocycles. The van der Waals surface area contributed by atoms with Crippen LogP contribution in [0.4, 0.5) is 0 Å². The molecule has 0 fully saturated rings. The van der Waals surface area contributed by atoms with Crippen LogP contribution in [0.15, 0.2) is 54.2 Å². The van der Waals surface area contributed by atoms with Gasteiger partial charge in [0.15, 0.2) is 0 Å². The molecular formula is C24H28N2O5. The van der Waals surface area contributed by atoms with E-state index in [1.807, 2.05) is 20.8 Å². The second-order valence-electron chi connectivity index (χ2n) is 7.65. The van der Waals surface area contributed by atoms with Crippen LogP contribution in [-0.2, 0) is 9.59 Å². The van der Waals surface area contributed by atoms with E-state index in [-0.39, 0.29) is 18.0 Å². The highest BCUT2D eigenvalue weighted by Gasteiger charge is 2.24. The highest BCUT2D eigenvalue weighted by Crippen LogP contribution is 2.15. The molecule has 164 valence electrons. The van der Waals surface area contributed by atoms with Crippen molar-refractivity contribution in [3.8, 4) is 5.75 Å². The molecule has 7 heteroatoms. The molecule has 0 unspecified atom stereocenters. The van der Waals surface area contributed by atoms with Crippen LogP contribution >= 0.6 is 0 Å². The smallest absolute Gasteiger partial charge is 0.326 e. The van der Waals surface area contributed by atoms with E-state index in [0.29, 0.717) is 16.9 Å². The molecule has 2 rings (SSSR count). The molecule has 2 aromatic carbocycles. The van der Waals surface area contributed by atoms with Crippen molar-refractivity contribution in [1.82, 2.24) is 10.6 Å². The highest BCUT2D eigenvalue weighted by atomic mass is 16.5. The fraction of sp³-hybridized carbons (Fsp3) is 0.292. The lowest BCUT2D eigenvalue weighted by molar-refractivity contribution is -0.141. The number of carbonyl (C=O) groups excluding carboxylic acids is 2. The number of carbonyl (C=O) groups is 3. The van der Waals surface area contributed by atoms with Gasteiger partial charge in [-0.1, -0.05) is 43.7 Å². The predicted octanol–water partition coefficient (Wildman–Crippen LogP) is 3.39. The van der Waals surface area contributed by atoms with Gasteiger partial charge in [-0.25, -0.2) is 4.79 Å². The van der Waals surface area contributed by atoms with Crippen LogP contribution in [0.2, 0.25) is 0 Å². The lowest BCUT2D eigenvalue weighted by Gasteiger charge is -2.18. The molecule has 31 heavy (non-hydrogen) atoms. The van der Waals surface area contributed by atoms with Crippen LogP contribution in [0, 0.1) is 12.8 Å². The summed E-state index contributed by atoms with van der Waals surface area (Å²) in [4.78, 5) is 37.2. The van der Waals surface area contributed by atoms with E-state index >= 15 is 0 Å². The summed E-state index contributed by atoms with van der Waals surface area (Å²) in [5.41, 5.74) is 1.98. The molecule has 0 bridgehead atoms. The van der Waals surface area contributed by atoms with E-state index < -0.39 is 23.8 Å². The third-order valence-corrected chi connectivity index (χ3v) is 4.54. The summed E-state index contributed by atoms with van der Waals surface area (Å²) in [5, 5.41) is 14.6. The van der Waals surface area contributed by atoms with Crippen molar-refractivity contribution in [3.63, 3.8) is 0 Å². The minimum atomic E-state index is -1.13. The maximum absolute atomic E-state index is 12.9. The fourth-order valence-electron chi connectivity index (χ4n) is 2.85. The van der Waals surface area contributed by atoms with Gasteiger partial charge in [0.05, 0.1) is 7.11 Å². The van der Waals surface area contributed by atoms with Crippen molar-refractivity contribution in [2.75, 3.05) is 7.11 Å². The number of carboxylic acid groups (broad SMARTS) is 1. The third-order valence-electron chi connectivity index (χ3n) is 4.54. The number of hydrogen-bond donors (Lipinski definition) is 3. The molecular weight excluding hydrogens is 396 g/mol. The van der Waals surface area contributed by atoms with Crippen molar-refractivity contribution in [1.29, 1.82) is 0 Å². The zero-order valence-corrected chi connectivity index (χ0v) is 18.1. The molecule has 0 aliphatic carbocycles. The number of amides is 2. The van der Waals surface area contributed by atoms with Crippen LogP contribution in [-0.4, -0.2) is 36.0 Å². The van der Waals surface area contributed by atoms with Crippen molar-refractivity contribution < 1.29 is 24.2 Å². The molecule has 2 aromatic rings. The van der Waals surface area contributed by atoms with Crippen molar-refractivity contribution >= 4 is 23.9 Å². The maximum atomic E-state index is 12.9. The number of methoxy groups -OCH3 is 1. The maximum Gasteiger partial charge on any atom is 0.326 e. The first-order valence-corrected chi connectivity index (χ1v) is 9.97. The van der Waals surface area contributed by atoms with Gasteiger partial charge < -0.3 is 20.5 Å². The van der Waals surface area contributed by atoms with Gasteiger partial charge in [-0.2, -0.15) is 0 Å². The van der Waals surface area contributed by atoms with Crippen LogP contribution in [0.5, 0.6) is 5.75 Å². The van der Waals surface area contributed by atoms with Crippen molar-refractivity contribution in [3.05, 3.63) is 70.9 Å². The summed E-state index contributed by atoms with van der Waals surface area (Å²) in [6.07, 6.45) is 1.76. The number of nitrogens with one attached hydrogen (secondary N) is 2. The Morgan fingerprint density at radius 3 is 2.16 bits per heavy atom. The lowest BCUT2D eigenvalue weighted by Crippen LogP contribution is -2.45. The van der Waals surface area contributed by atoms with E-state index in [2.05, 4.69) is 10.6 Å². The zero-order chi connectivity index (χ0) is 23.0. The molecule has 0 saturated heterocycles. The molecule has 0 heterocycles. The van der Waals surface area contributed by atoms with Crippen LogP contribution in [0.3, 0.4) is 0 Å². The number of benzene rings is 2. The SMILES string of the molecule is COc1ccc(/C=C(\NC(=O)c2ccc(C)cc2)C(=O)N[C@H](CC(C)C)C(=O)O)cc1. The molecule has 0 radical (unpaired) electrons. The number of aliphatic carboxylic acids is 1. The van der Waals surface area contributed by atoms with Gasteiger partial charge in [-0.3, -0.25) is 9.59 Å². The monoisotopic (exact) mass is 424 g/mol. The summed E-state index contributed by atoms with van der Waals surface area (Å²) >= 11 is 0. The first-order valence-electron chi connectivity index (χ1n) is 9.97. The largest absolute Gasteiger partial charge is 0.497 e. The molecule has 2 amide bonds. The van der Waals surface area contributed by atoms with Crippen molar-refractivity contribution in [2.45, 2.75) is 33.2 Å². The second-order valence-corrected chi connectivity index (χ2v) is 7.65. The van der Waals surface area contributed by atoms with E-state index in [1.165, 1.54) is 6.08 Å². The number of hydrogen-bond acceptors (Lipinski definition) is 4. The third kappa shape index (κ3) is 7.29. The number of rotatable bonds is 9. The van der Waals surface area contributed by atoms with Gasteiger partial charge in [0.25, 0.3) is 11.8 Å².